The lowest BCUT2D eigenvalue weighted by molar-refractivity contribution is 0.0916. The minimum absolute atomic E-state index is 0.0357. The zero-order chi connectivity index (χ0) is 15.5. The molecule has 2 atom stereocenters. The van der Waals surface area contributed by atoms with Crippen molar-refractivity contribution in [1.82, 2.24) is 9.29 Å². The van der Waals surface area contributed by atoms with E-state index in [2.05, 4.69) is 11.6 Å². The average molecular weight is 315 g/mol. The Labute approximate surface area is 126 Å². The van der Waals surface area contributed by atoms with Crippen LogP contribution in [0, 0.1) is 0 Å². The molecular weight excluding hydrogens is 290 g/mol. The molecule has 1 heterocycles. The molecule has 0 amide bonds. The van der Waals surface area contributed by atoms with Crippen LogP contribution < -0.4 is 10.5 Å². The van der Waals surface area contributed by atoms with Crippen LogP contribution in [0.3, 0.4) is 0 Å². The number of rotatable bonds is 7. The highest BCUT2D eigenvalue weighted by Gasteiger charge is 2.31. The second-order valence-electron chi connectivity index (χ2n) is 5.50. The first-order chi connectivity index (χ1) is 10.0. The minimum Gasteiger partial charge on any atom is -0.380 e. The fraction of sp³-hybridized carbons (Fsp3) is 0.714. The zero-order valence-electron chi connectivity index (χ0n) is 12.7. The van der Waals surface area contributed by atoms with Crippen LogP contribution in [0.2, 0.25) is 0 Å². The van der Waals surface area contributed by atoms with Gasteiger partial charge >= 0.3 is 0 Å². The molecule has 1 aliphatic rings. The molecular formula is C14H25N3O3S. The molecule has 2 rings (SSSR count). The average Bonchev–Trinajstić information content (AvgIpc) is 3.05. The Hall–Kier alpha value is -0.890. The van der Waals surface area contributed by atoms with Gasteiger partial charge in [-0.25, -0.2) is 13.1 Å². The molecule has 21 heavy (non-hydrogen) atoms. The number of ether oxygens (including phenoxy) is 1. The van der Waals surface area contributed by atoms with Gasteiger partial charge in [0.05, 0.1) is 11.0 Å². The molecule has 7 heteroatoms. The molecule has 3 N–H and O–H groups in total. The lowest BCUT2D eigenvalue weighted by atomic mass is 10.2. The molecule has 0 radical (unpaired) electrons. The lowest BCUT2D eigenvalue weighted by Crippen LogP contribution is -2.40. The van der Waals surface area contributed by atoms with E-state index < -0.39 is 10.0 Å². The van der Waals surface area contributed by atoms with E-state index in [9.17, 15) is 8.42 Å². The molecule has 0 aromatic carbocycles. The molecule has 1 fully saturated rings. The first kappa shape index (κ1) is 16.5. The fourth-order valence-electron chi connectivity index (χ4n) is 2.90. The maximum absolute atomic E-state index is 12.5. The van der Waals surface area contributed by atoms with Crippen LogP contribution in [0.5, 0.6) is 0 Å². The summed E-state index contributed by atoms with van der Waals surface area (Å²) in [6, 6.07) is 1.52. The van der Waals surface area contributed by atoms with E-state index in [1.807, 2.05) is 4.57 Å². The van der Waals surface area contributed by atoms with Gasteiger partial charge in [-0.1, -0.05) is 6.92 Å². The van der Waals surface area contributed by atoms with Crippen LogP contribution in [0.1, 0.15) is 38.3 Å². The van der Waals surface area contributed by atoms with Crippen LogP contribution in [0.4, 0.5) is 0 Å². The maximum atomic E-state index is 12.5. The van der Waals surface area contributed by atoms with Gasteiger partial charge in [0, 0.05) is 38.1 Å². The number of hydrogen-bond acceptors (Lipinski definition) is 4. The van der Waals surface area contributed by atoms with E-state index in [1.165, 1.54) is 0 Å². The Morgan fingerprint density at radius 2 is 2.24 bits per heavy atom. The SMILES string of the molecule is CCCn1cc(S(=O)(=O)NC2CCCC2OC)cc1CN. The van der Waals surface area contributed by atoms with Crippen molar-refractivity contribution in [1.29, 1.82) is 0 Å². The number of sulfonamides is 1. The summed E-state index contributed by atoms with van der Waals surface area (Å²) in [5, 5.41) is 0. The van der Waals surface area contributed by atoms with Gasteiger partial charge in [-0.15, -0.1) is 0 Å². The van der Waals surface area contributed by atoms with Crippen LogP contribution in [0.25, 0.3) is 0 Å². The summed E-state index contributed by atoms with van der Waals surface area (Å²) in [5.74, 6) is 0. The summed E-state index contributed by atoms with van der Waals surface area (Å²) >= 11 is 0. The van der Waals surface area contributed by atoms with Crippen LogP contribution in [0.15, 0.2) is 17.2 Å². The highest BCUT2D eigenvalue weighted by Crippen LogP contribution is 2.24. The van der Waals surface area contributed by atoms with Gasteiger partial charge in [-0.05, 0) is 31.7 Å². The quantitative estimate of drug-likeness (QED) is 0.791. The molecule has 120 valence electrons. The Balaban J connectivity index is 2.19. The van der Waals surface area contributed by atoms with Crippen molar-refractivity contribution in [2.24, 2.45) is 5.73 Å². The predicted molar refractivity (Wildman–Crippen MR) is 81.4 cm³/mol. The van der Waals surface area contributed by atoms with Gasteiger partial charge in [0.15, 0.2) is 0 Å². The standard InChI is InChI=1S/C14H25N3O3S/c1-3-7-17-10-12(8-11(17)9-15)21(18,19)16-13-5-4-6-14(13)20-2/h8,10,13-14,16H,3-7,9,15H2,1-2H3. The number of aryl methyl sites for hydroxylation is 1. The van der Waals surface area contributed by atoms with Gasteiger partial charge in [-0.2, -0.15) is 0 Å². The summed E-state index contributed by atoms with van der Waals surface area (Å²) in [7, 11) is -1.90. The van der Waals surface area contributed by atoms with E-state index in [4.69, 9.17) is 10.5 Å². The number of methoxy groups -OCH3 is 1. The normalized spacial score (nSPS) is 22.8. The molecule has 0 aliphatic heterocycles. The van der Waals surface area contributed by atoms with Gasteiger partial charge in [-0.3, -0.25) is 0 Å². The zero-order valence-corrected chi connectivity index (χ0v) is 13.5. The highest BCUT2D eigenvalue weighted by molar-refractivity contribution is 7.89. The Morgan fingerprint density at radius 3 is 2.86 bits per heavy atom. The second kappa shape index (κ2) is 6.91. The highest BCUT2D eigenvalue weighted by atomic mass is 32.2. The molecule has 0 saturated heterocycles. The van der Waals surface area contributed by atoms with E-state index in [0.29, 0.717) is 6.54 Å². The monoisotopic (exact) mass is 315 g/mol. The summed E-state index contributed by atoms with van der Waals surface area (Å²) in [6.07, 6.45) is 5.27. The van der Waals surface area contributed by atoms with Gasteiger partial charge in [0.1, 0.15) is 0 Å². The molecule has 1 aromatic heterocycles. The Bertz CT molecular complexity index is 568. The maximum Gasteiger partial charge on any atom is 0.242 e. The molecule has 6 nitrogen and oxygen atoms in total. The molecule has 0 bridgehead atoms. The third-order valence-electron chi connectivity index (χ3n) is 4.01. The smallest absolute Gasteiger partial charge is 0.242 e. The van der Waals surface area contributed by atoms with Crippen LogP contribution >= 0.6 is 0 Å². The third-order valence-corrected chi connectivity index (χ3v) is 5.46. The van der Waals surface area contributed by atoms with Crippen LogP contribution in [-0.2, 0) is 27.8 Å². The first-order valence-electron chi connectivity index (χ1n) is 7.46. The van der Waals surface area contributed by atoms with E-state index in [0.717, 1.165) is 37.9 Å². The summed E-state index contributed by atoms with van der Waals surface area (Å²) in [4.78, 5) is 0.290. The fourth-order valence-corrected chi connectivity index (χ4v) is 4.26. The Kier molecular flexibility index (Phi) is 5.43. The van der Waals surface area contributed by atoms with Crippen LogP contribution in [-0.4, -0.2) is 32.2 Å². The van der Waals surface area contributed by atoms with E-state index >= 15 is 0 Å². The molecule has 0 spiro atoms. The van der Waals surface area contributed by atoms with Crippen molar-refractivity contribution in [3.8, 4) is 0 Å². The van der Waals surface area contributed by atoms with Crippen molar-refractivity contribution in [2.75, 3.05) is 7.11 Å². The van der Waals surface area contributed by atoms with E-state index in [1.54, 1.807) is 19.4 Å². The van der Waals surface area contributed by atoms with Crippen molar-refractivity contribution >= 4 is 10.0 Å². The van der Waals surface area contributed by atoms with E-state index in [-0.39, 0.29) is 17.0 Å². The molecule has 1 aromatic rings. The van der Waals surface area contributed by atoms with Crippen molar-refractivity contribution < 1.29 is 13.2 Å². The van der Waals surface area contributed by atoms with Crippen molar-refractivity contribution in [3.63, 3.8) is 0 Å². The van der Waals surface area contributed by atoms with Gasteiger partial charge in [0.25, 0.3) is 0 Å². The minimum atomic E-state index is -3.52. The summed E-state index contributed by atoms with van der Waals surface area (Å²) in [5.41, 5.74) is 6.53. The summed E-state index contributed by atoms with van der Waals surface area (Å²) in [6.45, 7) is 3.15. The predicted octanol–water partition coefficient (Wildman–Crippen LogP) is 1.20. The topological polar surface area (TPSA) is 86.3 Å². The van der Waals surface area contributed by atoms with Crippen molar-refractivity contribution in [3.05, 3.63) is 18.0 Å². The first-order valence-corrected chi connectivity index (χ1v) is 8.94. The number of nitrogens with zero attached hydrogens (tertiary/aromatic N) is 1. The number of nitrogens with one attached hydrogen (secondary N) is 1. The second-order valence-corrected chi connectivity index (χ2v) is 7.21. The number of hydrogen-bond donors (Lipinski definition) is 2. The number of nitrogens with two attached hydrogens (primary N) is 1. The Morgan fingerprint density at radius 1 is 1.48 bits per heavy atom. The largest absolute Gasteiger partial charge is 0.380 e. The summed E-state index contributed by atoms with van der Waals surface area (Å²) < 4.78 is 35.1. The molecule has 2 unspecified atom stereocenters. The third kappa shape index (κ3) is 3.66. The van der Waals surface area contributed by atoms with Gasteiger partial charge in [0.2, 0.25) is 10.0 Å². The lowest BCUT2D eigenvalue weighted by Gasteiger charge is -2.19. The van der Waals surface area contributed by atoms with Gasteiger partial charge < -0.3 is 15.0 Å². The molecule has 1 aliphatic carbocycles. The van der Waals surface area contributed by atoms with Crippen molar-refractivity contribution in [2.45, 2.75) is 62.7 Å². The molecule has 1 saturated carbocycles. The number of aromatic nitrogens is 1.